The number of hydrogen-bond donors (Lipinski definition) is 1. The van der Waals surface area contributed by atoms with Gasteiger partial charge in [0.15, 0.2) is 0 Å². The normalized spacial score (nSPS) is 15.3. The average molecular weight is 174 g/mol. The molecule has 12 heavy (non-hydrogen) atoms. The molecule has 0 amide bonds. The van der Waals surface area contributed by atoms with Crippen LogP contribution in [-0.2, 0) is 9.53 Å². The van der Waals surface area contributed by atoms with Gasteiger partial charge in [-0.2, -0.15) is 0 Å². The van der Waals surface area contributed by atoms with Crippen molar-refractivity contribution in [3.8, 4) is 0 Å². The number of esters is 1. The summed E-state index contributed by atoms with van der Waals surface area (Å²) in [6.45, 7) is 5.63. The van der Waals surface area contributed by atoms with Crippen LogP contribution in [0.2, 0.25) is 0 Å². The number of ether oxygens (including phenoxy) is 1. The molecule has 2 atom stereocenters. The Morgan fingerprint density at radius 2 is 2.08 bits per heavy atom. The van der Waals surface area contributed by atoms with Crippen LogP contribution in [-0.4, -0.2) is 23.8 Å². The maximum Gasteiger partial charge on any atom is 0.308 e. The fourth-order valence-corrected chi connectivity index (χ4v) is 0.709. The summed E-state index contributed by atoms with van der Waals surface area (Å²) in [7, 11) is 0. The second kappa shape index (κ2) is 6.00. The van der Waals surface area contributed by atoms with Crippen molar-refractivity contribution in [1.29, 1.82) is 0 Å². The zero-order chi connectivity index (χ0) is 9.56. The first-order valence-electron chi connectivity index (χ1n) is 4.43. The SMILES string of the molecule is CCC(C)OC(=O)C(C)CCO. The highest BCUT2D eigenvalue weighted by Crippen LogP contribution is 2.07. The van der Waals surface area contributed by atoms with Crippen LogP contribution in [0.5, 0.6) is 0 Å². The van der Waals surface area contributed by atoms with Gasteiger partial charge in [-0.05, 0) is 19.8 Å². The van der Waals surface area contributed by atoms with Crippen molar-refractivity contribution in [3.63, 3.8) is 0 Å². The molecule has 2 unspecified atom stereocenters. The minimum Gasteiger partial charge on any atom is -0.462 e. The molecule has 0 saturated carbocycles. The monoisotopic (exact) mass is 174 g/mol. The lowest BCUT2D eigenvalue weighted by molar-refractivity contribution is -0.153. The Morgan fingerprint density at radius 3 is 2.50 bits per heavy atom. The van der Waals surface area contributed by atoms with Crippen LogP contribution >= 0.6 is 0 Å². The largest absolute Gasteiger partial charge is 0.462 e. The number of aliphatic hydroxyl groups is 1. The third kappa shape index (κ3) is 4.34. The molecule has 0 rings (SSSR count). The van der Waals surface area contributed by atoms with Crippen LogP contribution in [0.3, 0.4) is 0 Å². The molecule has 0 aromatic rings. The number of hydrogen-bond acceptors (Lipinski definition) is 3. The van der Waals surface area contributed by atoms with E-state index in [4.69, 9.17) is 9.84 Å². The standard InChI is InChI=1S/C9H18O3/c1-4-8(3)12-9(11)7(2)5-6-10/h7-8,10H,4-6H2,1-3H3. The van der Waals surface area contributed by atoms with Crippen LogP contribution in [0, 0.1) is 5.92 Å². The first kappa shape index (κ1) is 11.4. The van der Waals surface area contributed by atoms with Crippen LogP contribution in [0.25, 0.3) is 0 Å². The van der Waals surface area contributed by atoms with Crippen molar-refractivity contribution >= 4 is 5.97 Å². The van der Waals surface area contributed by atoms with Gasteiger partial charge in [0, 0.05) is 6.61 Å². The number of rotatable bonds is 5. The lowest BCUT2D eigenvalue weighted by Crippen LogP contribution is -2.21. The first-order chi connectivity index (χ1) is 5.61. The van der Waals surface area contributed by atoms with Crippen LogP contribution in [0.4, 0.5) is 0 Å². The first-order valence-corrected chi connectivity index (χ1v) is 4.43. The molecule has 0 aliphatic carbocycles. The van der Waals surface area contributed by atoms with Crippen LogP contribution in [0.15, 0.2) is 0 Å². The zero-order valence-corrected chi connectivity index (χ0v) is 8.04. The van der Waals surface area contributed by atoms with Crippen LogP contribution in [0.1, 0.15) is 33.6 Å². The second-order valence-corrected chi connectivity index (χ2v) is 3.07. The summed E-state index contributed by atoms with van der Waals surface area (Å²) in [5.74, 6) is -0.401. The van der Waals surface area contributed by atoms with Gasteiger partial charge in [0.05, 0.1) is 12.0 Å². The van der Waals surface area contributed by atoms with E-state index >= 15 is 0 Å². The van der Waals surface area contributed by atoms with Crippen molar-refractivity contribution < 1.29 is 14.6 Å². The molecule has 0 aromatic carbocycles. The van der Waals surface area contributed by atoms with E-state index in [1.54, 1.807) is 6.92 Å². The molecule has 0 aromatic heterocycles. The van der Waals surface area contributed by atoms with Crippen molar-refractivity contribution in [2.75, 3.05) is 6.61 Å². The number of aliphatic hydroxyl groups excluding tert-OH is 1. The quantitative estimate of drug-likeness (QED) is 0.640. The van der Waals surface area contributed by atoms with E-state index in [2.05, 4.69) is 0 Å². The van der Waals surface area contributed by atoms with Gasteiger partial charge in [0.25, 0.3) is 0 Å². The van der Waals surface area contributed by atoms with E-state index in [0.29, 0.717) is 6.42 Å². The molecule has 3 heteroatoms. The Balaban J connectivity index is 3.70. The van der Waals surface area contributed by atoms with Crippen molar-refractivity contribution in [2.24, 2.45) is 5.92 Å². The van der Waals surface area contributed by atoms with Gasteiger partial charge >= 0.3 is 5.97 Å². The smallest absolute Gasteiger partial charge is 0.308 e. The predicted molar refractivity (Wildman–Crippen MR) is 46.7 cm³/mol. The summed E-state index contributed by atoms with van der Waals surface area (Å²) in [6, 6.07) is 0. The summed E-state index contributed by atoms with van der Waals surface area (Å²) in [5, 5.41) is 8.57. The molecule has 0 aliphatic heterocycles. The zero-order valence-electron chi connectivity index (χ0n) is 8.04. The van der Waals surface area contributed by atoms with E-state index in [1.807, 2.05) is 13.8 Å². The van der Waals surface area contributed by atoms with Crippen LogP contribution < -0.4 is 0 Å². The molecule has 0 saturated heterocycles. The van der Waals surface area contributed by atoms with Crippen molar-refractivity contribution in [2.45, 2.75) is 39.7 Å². The molecule has 0 heterocycles. The Morgan fingerprint density at radius 1 is 1.50 bits per heavy atom. The minimum absolute atomic E-state index is 0.0151. The minimum atomic E-state index is -0.210. The Labute approximate surface area is 73.7 Å². The topological polar surface area (TPSA) is 46.5 Å². The van der Waals surface area contributed by atoms with E-state index < -0.39 is 0 Å². The maximum atomic E-state index is 11.2. The van der Waals surface area contributed by atoms with E-state index in [0.717, 1.165) is 6.42 Å². The highest BCUT2D eigenvalue weighted by Gasteiger charge is 2.15. The molecule has 0 fully saturated rings. The van der Waals surface area contributed by atoms with E-state index in [1.165, 1.54) is 0 Å². The lowest BCUT2D eigenvalue weighted by atomic mass is 10.1. The molecule has 72 valence electrons. The predicted octanol–water partition coefficient (Wildman–Crippen LogP) is 1.35. The Kier molecular flexibility index (Phi) is 5.72. The molecule has 0 radical (unpaired) electrons. The molecule has 0 spiro atoms. The fraction of sp³-hybridized carbons (Fsp3) is 0.889. The second-order valence-electron chi connectivity index (χ2n) is 3.07. The Bertz CT molecular complexity index is 134. The maximum absolute atomic E-state index is 11.2. The number of carbonyl (C=O) groups is 1. The molecule has 0 bridgehead atoms. The van der Waals surface area contributed by atoms with Gasteiger partial charge < -0.3 is 9.84 Å². The summed E-state index contributed by atoms with van der Waals surface area (Å²) in [4.78, 5) is 11.2. The molecule has 1 N–H and O–H groups in total. The molecular weight excluding hydrogens is 156 g/mol. The highest BCUT2D eigenvalue weighted by atomic mass is 16.5. The third-order valence-corrected chi connectivity index (χ3v) is 1.86. The van der Waals surface area contributed by atoms with Crippen molar-refractivity contribution in [3.05, 3.63) is 0 Å². The summed E-state index contributed by atoms with van der Waals surface area (Å²) in [6.07, 6.45) is 1.30. The summed E-state index contributed by atoms with van der Waals surface area (Å²) >= 11 is 0. The van der Waals surface area contributed by atoms with Gasteiger partial charge in [-0.3, -0.25) is 4.79 Å². The summed E-state index contributed by atoms with van der Waals surface area (Å²) < 4.78 is 5.06. The van der Waals surface area contributed by atoms with Gasteiger partial charge in [0.1, 0.15) is 0 Å². The van der Waals surface area contributed by atoms with Gasteiger partial charge in [-0.1, -0.05) is 13.8 Å². The van der Waals surface area contributed by atoms with E-state index in [9.17, 15) is 4.79 Å². The van der Waals surface area contributed by atoms with Gasteiger partial charge in [-0.25, -0.2) is 0 Å². The summed E-state index contributed by atoms with van der Waals surface area (Å²) in [5.41, 5.74) is 0. The lowest BCUT2D eigenvalue weighted by Gasteiger charge is -2.14. The van der Waals surface area contributed by atoms with E-state index in [-0.39, 0.29) is 24.6 Å². The van der Waals surface area contributed by atoms with Crippen molar-refractivity contribution in [1.82, 2.24) is 0 Å². The molecule has 0 aliphatic rings. The Hall–Kier alpha value is -0.570. The van der Waals surface area contributed by atoms with Gasteiger partial charge in [-0.15, -0.1) is 0 Å². The molecule has 3 nitrogen and oxygen atoms in total. The highest BCUT2D eigenvalue weighted by molar-refractivity contribution is 5.72. The van der Waals surface area contributed by atoms with Gasteiger partial charge in [0.2, 0.25) is 0 Å². The average Bonchev–Trinajstić information content (AvgIpc) is 2.04. The molecular formula is C9H18O3. The third-order valence-electron chi connectivity index (χ3n) is 1.86. The fourth-order valence-electron chi connectivity index (χ4n) is 0.709. The number of carbonyl (C=O) groups excluding carboxylic acids is 1.